The number of aliphatic hydroxyl groups is 1. The van der Waals surface area contributed by atoms with Crippen molar-refractivity contribution in [3.63, 3.8) is 0 Å². The van der Waals surface area contributed by atoms with Gasteiger partial charge in [-0.3, -0.25) is 9.36 Å². The van der Waals surface area contributed by atoms with Crippen LogP contribution in [-0.2, 0) is 9.09 Å². The molecule has 0 amide bonds. The van der Waals surface area contributed by atoms with E-state index in [-0.39, 0.29) is 52.4 Å². The molecule has 16 heteroatoms. The van der Waals surface area contributed by atoms with E-state index in [0.717, 1.165) is 38.7 Å². The molecule has 5 rings (SSSR count). The van der Waals surface area contributed by atoms with Crippen LogP contribution in [0.2, 0.25) is 0 Å². The van der Waals surface area contributed by atoms with Gasteiger partial charge in [0.25, 0.3) is 0 Å². The van der Waals surface area contributed by atoms with E-state index in [1.54, 1.807) is 0 Å². The average molecular weight is 593 g/mol. The first-order chi connectivity index (χ1) is 19.3. The van der Waals surface area contributed by atoms with Crippen molar-refractivity contribution in [1.29, 1.82) is 5.26 Å². The van der Waals surface area contributed by atoms with Gasteiger partial charge in [-0.25, -0.2) is 4.98 Å². The summed E-state index contributed by atoms with van der Waals surface area (Å²) < 4.78 is 20.8. The molecular weight excluding hydrogens is 562 g/mol. The number of nitriles is 1. The van der Waals surface area contributed by atoms with E-state index >= 15 is 0 Å². The number of hydrogen-bond acceptors (Lipinski definition) is 13. The van der Waals surface area contributed by atoms with Gasteiger partial charge >= 0.3 is 42.9 Å². The molecule has 41 heavy (non-hydrogen) atoms. The minimum Gasteiger partial charge on any atom is -0.745 e. The molecule has 212 valence electrons. The Labute approximate surface area is 258 Å². The predicted octanol–water partition coefficient (Wildman–Crippen LogP) is -1.43. The molecule has 0 aliphatic carbocycles. The van der Waals surface area contributed by atoms with Crippen LogP contribution in [0.5, 0.6) is 0 Å². The smallest absolute Gasteiger partial charge is 0.745 e. The first-order valence-electron chi connectivity index (χ1n) is 13.1. The number of aliphatic hydroxyl groups excluding tert-OH is 1. The molecule has 14 nitrogen and oxygen atoms in total. The van der Waals surface area contributed by atoms with Crippen molar-refractivity contribution in [1.82, 2.24) is 19.9 Å². The standard InChI is InChI=1S/C25H31N8O6P.Na/c1-38-40(36,37)39-33-24(35)22-21(16-27-33)29-25(32-12-7-17(6-11-26)8-13-32)30-23(22)28-18-2-4-19(5-3-18)31-14-9-20(34)10-15-31;/h2-5,16-17,20,34H,6-10,12-15H2,1H3,(H,36,37)(H,28,29,30);/q;+1/p-1. The van der Waals surface area contributed by atoms with Crippen molar-refractivity contribution in [2.75, 3.05) is 48.4 Å². The van der Waals surface area contributed by atoms with Gasteiger partial charge < -0.3 is 34.3 Å². The Kier molecular flexibility index (Phi) is 10.3. The van der Waals surface area contributed by atoms with Gasteiger partial charge in [-0.1, -0.05) is 0 Å². The number of phosphoric ester groups is 1. The van der Waals surface area contributed by atoms with Gasteiger partial charge in [0, 0.05) is 51.1 Å². The van der Waals surface area contributed by atoms with Crippen molar-refractivity contribution >= 4 is 41.9 Å². The number of phosphoric acid groups is 1. The van der Waals surface area contributed by atoms with E-state index in [4.69, 9.17) is 9.89 Å². The van der Waals surface area contributed by atoms with E-state index in [1.165, 1.54) is 6.20 Å². The molecule has 3 aromatic rings. The fourth-order valence-electron chi connectivity index (χ4n) is 4.93. The van der Waals surface area contributed by atoms with E-state index < -0.39 is 13.4 Å². The first kappa shape index (κ1) is 31.2. The molecule has 2 fully saturated rings. The summed E-state index contributed by atoms with van der Waals surface area (Å²) in [7, 11) is -3.90. The third-order valence-corrected chi connectivity index (χ3v) is 8.04. The maximum absolute atomic E-state index is 13.3. The summed E-state index contributed by atoms with van der Waals surface area (Å²) in [4.78, 5) is 38.8. The van der Waals surface area contributed by atoms with Crippen LogP contribution in [0.25, 0.3) is 10.9 Å². The van der Waals surface area contributed by atoms with Crippen LogP contribution < -0.4 is 59.8 Å². The monoisotopic (exact) mass is 592 g/mol. The molecular formula is C25H30N8NaO6P. The third-order valence-electron chi connectivity index (χ3n) is 7.24. The number of hydrogen-bond donors (Lipinski definition) is 2. The van der Waals surface area contributed by atoms with E-state index in [2.05, 4.69) is 35.9 Å². The number of benzene rings is 1. The Hall–Kier alpha value is -2.76. The fraction of sp³-hybridized carbons (Fsp3) is 0.480. The number of rotatable bonds is 8. The van der Waals surface area contributed by atoms with Gasteiger partial charge in [0.15, 0.2) is 0 Å². The summed E-state index contributed by atoms with van der Waals surface area (Å²) in [5, 5.41) is 25.8. The molecule has 2 N–H and O–H groups in total. The van der Waals surface area contributed by atoms with E-state index in [9.17, 15) is 19.4 Å². The molecule has 2 saturated heterocycles. The van der Waals surface area contributed by atoms with Gasteiger partial charge in [-0.15, -0.1) is 5.10 Å². The number of piperidine rings is 2. The zero-order valence-corrected chi connectivity index (χ0v) is 25.9. The Morgan fingerprint density at radius 1 is 1.12 bits per heavy atom. The second-order valence-electron chi connectivity index (χ2n) is 9.85. The molecule has 1 atom stereocenters. The van der Waals surface area contributed by atoms with Gasteiger partial charge in [0.1, 0.15) is 16.7 Å². The number of anilines is 4. The van der Waals surface area contributed by atoms with Gasteiger partial charge in [0.05, 0.1) is 18.4 Å². The molecule has 0 radical (unpaired) electrons. The van der Waals surface area contributed by atoms with Crippen LogP contribution in [0, 0.1) is 17.2 Å². The zero-order valence-electron chi connectivity index (χ0n) is 23.0. The molecule has 2 aromatic heterocycles. The largest absolute Gasteiger partial charge is 1.00 e. The summed E-state index contributed by atoms with van der Waals surface area (Å²) in [5.74, 6) is 0.867. The quantitative estimate of drug-likeness (QED) is 0.230. The Morgan fingerprint density at radius 2 is 1.78 bits per heavy atom. The summed E-state index contributed by atoms with van der Waals surface area (Å²) in [6.45, 7) is 2.82. The van der Waals surface area contributed by atoms with Crippen LogP contribution in [0.15, 0.2) is 35.3 Å². The Morgan fingerprint density at radius 3 is 2.41 bits per heavy atom. The molecule has 0 saturated carbocycles. The fourth-order valence-corrected chi connectivity index (χ4v) is 5.30. The predicted molar refractivity (Wildman–Crippen MR) is 145 cm³/mol. The van der Waals surface area contributed by atoms with Crippen LogP contribution in [-0.4, -0.2) is 64.4 Å². The third kappa shape index (κ3) is 7.37. The summed E-state index contributed by atoms with van der Waals surface area (Å²) in [6.07, 6.45) is 4.53. The van der Waals surface area contributed by atoms with Crippen molar-refractivity contribution in [3.8, 4) is 6.07 Å². The summed E-state index contributed by atoms with van der Waals surface area (Å²) in [6, 6.07) is 9.83. The van der Waals surface area contributed by atoms with Gasteiger partial charge in [0.2, 0.25) is 5.95 Å². The van der Waals surface area contributed by atoms with Crippen molar-refractivity contribution in [2.45, 2.75) is 38.2 Å². The topological polar surface area (TPSA) is 182 Å². The number of nitrogens with zero attached hydrogens (tertiary/aromatic N) is 7. The minimum atomic E-state index is -4.81. The maximum Gasteiger partial charge on any atom is 1.00 e. The maximum atomic E-state index is 13.3. The molecule has 0 spiro atoms. The summed E-state index contributed by atoms with van der Waals surface area (Å²) >= 11 is 0. The van der Waals surface area contributed by atoms with Crippen LogP contribution >= 0.6 is 7.82 Å². The Balaban J connectivity index is 0.00000387. The molecule has 2 aliphatic rings. The SMILES string of the molecule is COP(=O)([O-])On1ncc2nc(N3CCC(CC#N)CC3)nc(Nc3ccc(N4CCC(O)CC4)cc3)c2c1=O.[Na+]. The minimum absolute atomic E-state index is 0. The van der Waals surface area contributed by atoms with E-state index in [0.29, 0.717) is 54.8 Å². The van der Waals surface area contributed by atoms with Gasteiger partial charge in [-0.2, -0.15) is 10.2 Å². The van der Waals surface area contributed by atoms with Crippen LogP contribution in [0.3, 0.4) is 0 Å². The van der Waals surface area contributed by atoms with Crippen molar-refractivity contribution in [3.05, 3.63) is 40.8 Å². The number of fused-ring (bicyclic) bond motifs is 1. The molecule has 4 heterocycles. The number of aromatic nitrogens is 4. The zero-order chi connectivity index (χ0) is 28.3. The van der Waals surface area contributed by atoms with E-state index in [1.807, 2.05) is 29.2 Å². The molecule has 0 bridgehead atoms. The van der Waals surface area contributed by atoms with Crippen LogP contribution in [0.4, 0.5) is 23.1 Å². The first-order valence-corrected chi connectivity index (χ1v) is 14.5. The van der Waals surface area contributed by atoms with Crippen LogP contribution in [0.1, 0.15) is 32.1 Å². The average Bonchev–Trinajstić information content (AvgIpc) is 2.96. The Bertz CT molecular complexity index is 1500. The summed E-state index contributed by atoms with van der Waals surface area (Å²) in [5.41, 5.74) is 0.986. The van der Waals surface area contributed by atoms with Crippen molar-refractivity contribution in [2.24, 2.45) is 5.92 Å². The molecule has 2 aliphatic heterocycles. The number of nitrogens with one attached hydrogen (secondary N) is 1. The van der Waals surface area contributed by atoms with Gasteiger partial charge in [-0.05, 0) is 60.7 Å². The molecule has 1 unspecified atom stereocenters. The second kappa shape index (κ2) is 13.5. The second-order valence-corrected chi connectivity index (χ2v) is 11.3. The van der Waals surface area contributed by atoms with Crippen molar-refractivity contribution < 1.29 is 53.3 Å². The molecule has 1 aromatic carbocycles. The normalized spacial score (nSPS) is 17.9.